The van der Waals surface area contributed by atoms with Gasteiger partial charge < -0.3 is 9.31 Å². The van der Waals surface area contributed by atoms with Crippen LogP contribution in [0.2, 0.25) is 0 Å². The first-order chi connectivity index (χ1) is 24.8. The van der Waals surface area contributed by atoms with E-state index >= 15 is 26.3 Å². The molecule has 0 spiro atoms. The van der Waals surface area contributed by atoms with Crippen molar-refractivity contribution in [3.8, 4) is 22.6 Å². The predicted octanol–water partition coefficient (Wildman–Crippen LogP) is 10.1. The van der Waals surface area contributed by atoms with E-state index in [1.54, 1.807) is 0 Å². The average molecular weight is 768 g/mol. The minimum absolute atomic E-state index is 0.0385. The molecule has 0 bridgehead atoms. The fourth-order valence-electron chi connectivity index (χ4n) is 6.01. The zero-order chi connectivity index (χ0) is 38.7. The van der Waals surface area contributed by atoms with Crippen molar-refractivity contribution in [1.29, 1.82) is 0 Å². The molecule has 1 aliphatic carbocycles. The van der Waals surface area contributed by atoms with E-state index in [9.17, 15) is 48.3 Å². The zero-order valence-corrected chi connectivity index (χ0v) is 24.8. The highest BCUT2D eigenvalue weighted by Gasteiger charge is 2.57. The van der Waals surface area contributed by atoms with Crippen molar-refractivity contribution in [2.75, 3.05) is 0 Å². The van der Waals surface area contributed by atoms with Gasteiger partial charge in [0, 0.05) is 27.5 Å². The number of fused-ring (bicyclic) bond motifs is 5. The number of halogens is 17. The minimum atomic E-state index is -5.40. The highest BCUT2D eigenvalue weighted by Crippen LogP contribution is 2.55. The molecule has 272 valence electrons. The van der Waals surface area contributed by atoms with Gasteiger partial charge in [-0.15, -0.1) is 0 Å². The summed E-state index contributed by atoms with van der Waals surface area (Å²) in [7, 11) is -3.32. The van der Waals surface area contributed by atoms with Gasteiger partial charge in [-0.2, -0.15) is 8.78 Å². The third-order valence-corrected chi connectivity index (χ3v) is 8.30. The first kappa shape index (κ1) is 35.7. The van der Waals surface area contributed by atoms with Crippen molar-refractivity contribution in [2.24, 2.45) is 0 Å². The van der Waals surface area contributed by atoms with Crippen molar-refractivity contribution >= 4 is 34.1 Å². The lowest BCUT2D eigenvalue weighted by Crippen LogP contribution is -2.49. The van der Waals surface area contributed by atoms with Gasteiger partial charge in [-0.3, -0.25) is 0 Å². The number of benzene rings is 6. The molecule has 0 fully saturated rings. The fraction of sp³-hybridized carbons (Fsp3) is 0.0303. The highest BCUT2D eigenvalue weighted by molar-refractivity contribution is 6.64. The van der Waals surface area contributed by atoms with Gasteiger partial charge in [0.2, 0.25) is 0 Å². The zero-order valence-electron chi connectivity index (χ0n) is 24.8. The van der Waals surface area contributed by atoms with Gasteiger partial charge in [0.25, 0.3) is 0 Å². The van der Waals surface area contributed by atoms with E-state index in [0.29, 0.717) is 12.1 Å². The molecule has 0 aliphatic heterocycles. The molecule has 0 amide bonds. The largest absolute Gasteiger partial charge is 0.636 e. The Labute approximate surface area is 281 Å². The summed E-state index contributed by atoms with van der Waals surface area (Å²) >= 11 is 0. The maximum atomic E-state index is 16.1. The van der Waals surface area contributed by atoms with E-state index in [2.05, 4.69) is 0 Å². The Morgan fingerprint density at radius 2 is 0.792 bits per heavy atom. The van der Waals surface area contributed by atoms with Crippen molar-refractivity contribution in [2.45, 2.75) is 5.92 Å². The van der Waals surface area contributed by atoms with Gasteiger partial charge in [-0.25, -0.2) is 65.9 Å². The Kier molecular flexibility index (Phi) is 8.03. The van der Waals surface area contributed by atoms with Gasteiger partial charge in [-0.05, 0) is 36.4 Å². The molecule has 0 atom stereocenters. The summed E-state index contributed by atoms with van der Waals surface area (Å²) < 4.78 is 263. The van der Waals surface area contributed by atoms with Gasteiger partial charge in [0.1, 0.15) is 23.1 Å². The summed E-state index contributed by atoms with van der Waals surface area (Å²) in [4.78, 5) is 0. The molecule has 6 aromatic rings. The van der Waals surface area contributed by atoms with Crippen LogP contribution >= 0.6 is 0 Å². The number of hydrogen-bond acceptors (Lipinski definition) is 2. The Morgan fingerprint density at radius 3 is 1.25 bits per heavy atom. The summed E-state index contributed by atoms with van der Waals surface area (Å²) in [5.74, 6) is -43.9. The normalized spacial score (nSPS) is 13.2. The van der Waals surface area contributed by atoms with Crippen LogP contribution < -0.4 is 14.8 Å². The Morgan fingerprint density at radius 1 is 0.396 bits per heavy atom. The molecule has 6 aromatic carbocycles. The summed E-state index contributed by atoms with van der Waals surface area (Å²) in [5, 5.41) is -5.19. The van der Waals surface area contributed by atoms with Crippen LogP contribution in [0.4, 0.5) is 74.6 Å². The first-order valence-electron chi connectivity index (χ1n) is 14.1. The minimum Gasteiger partial charge on any atom is -0.521 e. The number of alkyl halides is 2. The molecule has 2 nitrogen and oxygen atoms in total. The van der Waals surface area contributed by atoms with Crippen LogP contribution in [0.1, 0.15) is 11.1 Å². The number of rotatable bonds is 5. The molecule has 0 N–H and O–H groups in total. The van der Waals surface area contributed by atoms with E-state index in [0.717, 1.165) is 0 Å². The van der Waals surface area contributed by atoms with Crippen LogP contribution in [0.5, 0.6) is 11.5 Å². The second kappa shape index (κ2) is 11.9. The SMILES string of the molecule is Fc1cc2c(OB(Oc3ccc(F)c4c(F)c(F)c(F)cc34)c3c(F)c(F)c(F)c4c3C(F)(F)c3c(F)c(F)c(F)c(F)c3-4)ccc(F)c2c(F)c1F. The second-order valence-electron chi connectivity index (χ2n) is 11.2. The molecule has 20 heteroatoms. The molecule has 0 heterocycles. The molecular weight excluding hydrogens is 762 g/mol. The Bertz CT molecular complexity index is 2520. The standard InChI is InChI=1S/C33H6BF17O2/c35-9-1-3-13(7-5-11(37)22(39)24(41)15(7)9)52-34(53-14-4-2-10(36)16-8(14)6-12(38)23(40)25(16)42)21-19-17(26(43)30(47)29(21)46)18-20(33(19,50)51)28(45)32(49)31(48)27(18)44/h1-6H. The lowest BCUT2D eigenvalue weighted by molar-refractivity contribution is 0.0433. The van der Waals surface area contributed by atoms with Gasteiger partial charge >= 0.3 is 13.0 Å². The topological polar surface area (TPSA) is 18.5 Å². The molecule has 0 saturated heterocycles. The Hall–Kier alpha value is -5.69. The van der Waals surface area contributed by atoms with E-state index < -0.39 is 161 Å². The third kappa shape index (κ3) is 4.89. The van der Waals surface area contributed by atoms with Gasteiger partial charge in [0.15, 0.2) is 75.6 Å². The van der Waals surface area contributed by atoms with Crippen molar-refractivity contribution in [3.63, 3.8) is 0 Å². The lowest BCUT2D eigenvalue weighted by atomic mass is 9.72. The first-order valence-corrected chi connectivity index (χ1v) is 14.1. The van der Waals surface area contributed by atoms with Crippen LogP contribution in [0.15, 0.2) is 36.4 Å². The molecular formula is C33H6BF17O2. The highest BCUT2D eigenvalue weighted by atomic mass is 19.3. The summed E-state index contributed by atoms with van der Waals surface area (Å²) in [6.45, 7) is 0. The third-order valence-electron chi connectivity index (χ3n) is 8.30. The summed E-state index contributed by atoms with van der Waals surface area (Å²) in [5.41, 5.74) is -11.4. The quantitative estimate of drug-likeness (QED) is 0.0753. The van der Waals surface area contributed by atoms with E-state index in [1.165, 1.54) is 0 Å². The van der Waals surface area contributed by atoms with Crippen LogP contribution in [-0.2, 0) is 5.92 Å². The van der Waals surface area contributed by atoms with Crippen LogP contribution in [0.3, 0.4) is 0 Å². The molecule has 0 unspecified atom stereocenters. The summed E-state index contributed by atoms with van der Waals surface area (Å²) in [6, 6.07) is 1.41. The lowest BCUT2D eigenvalue weighted by Gasteiger charge is -2.24. The maximum Gasteiger partial charge on any atom is 0.636 e. The van der Waals surface area contributed by atoms with Crippen LogP contribution in [0, 0.1) is 87.3 Å². The van der Waals surface area contributed by atoms with Crippen molar-refractivity contribution in [1.82, 2.24) is 0 Å². The van der Waals surface area contributed by atoms with Crippen molar-refractivity contribution in [3.05, 3.63) is 135 Å². The van der Waals surface area contributed by atoms with Crippen LogP contribution in [-0.4, -0.2) is 7.12 Å². The monoisotopic (exact) mass is 768 g/mol. The van der Waals surface area contributed by atoms with E-state index in [-0.39, 0.29) is 24.3 Å². The van der Waals surface area contributed by atoms with Crippen molar-refractivity contribution < 1.29 is 83.9 Å². The van der Waals surface area contributed by atoms with E-state index in [4.69, 9.17) is 9.31 Å². The van der Waals surface area contributed by atoms with Crippen LogP contribution in [0.25, 0.3) is 32.7 Å². The maximum absolute atomic E-state index is 16.1. The molecule has 0 aromatic heterocycles. The number of hydrogen-bond donors (Lipinski definition) is 0. The second-order valence-corrected chi connectivity index (χ2v) is 11.2. The van der Waals surface area contributed by atoms with Gasteiger partial charge in [-0.1, -0.05) is 0 Å². The van der Waals surface area contributed by atoms with Gasteiger partial charge in [0.05, 0.1) is 21.8 Å². The predicted molar refractivity (Wildman–Crippen MR) is 149 cm³/mol. The molecule has 0 radical (unpaired) electrons. The molecule has 1 aliphatic rings. The Balaban J connectivity index is 1.58. The fourth-order valence-corrected chi connectivity index (χ4v) is 6.01. The summed E-state index contributed by atoms with van der Waals surface area (Å²) in [6.07, 6.45) is 0. The molecule has 53 heavy (non-hydrogen) atoms. The smallest absolute Gasteiger partial charge is 0.521 e. The molecule has 0 saturated carbocycles. The molecule has 7 rings (SSSR count). The average Bonchev–Trinajstić information content (AvgIpc) is 3.35. The van der Waals surface area contributed by atoms with E-state index in [1.807, 2.05) is 0 Å².